The standard InChI is InChI=1S/C12H10N2O2/c13-9-12(7-1-2-8-12)10-3-5-11(6-4-10)14(15)16/h1-6H,7-8H2. The van der Waals surface area contributed by atoms with Gasteiger partial charge in [-0.1, -0.05) is 24.3 Å². The van der Waals surface area contributed by atoms with E-state index in [1.807, 2.05) is 12.2 Å². The monoisotopic (exact) mass is 214 g/mol. The molecule has 0 unspecified atom stereocenters. The molecule has 4 heteroatoms. The average Bonchev–Trinajstić information content (AvgIpc) is 2.79. The van der Waals surface area contributed by atoms with Crippen LogP contribution in [0.4, 0.5) is 5.69 Å². The molecule has 0 amide bonds. The van der Waals surface area contributed by atoms with Gasteiger partial charge in [-0.05, 0) is 18.4 Å². The number of hydrogen-bond acceptors (Lipinski definition) is 3. The maximum Gasteiger partial charge on any atom is 0.269 e. The topological polar surface area (TPSA) is 66.9 Å². The summed E-state index contributed by atoms with van der Waals surface area (Å²) in [5, 5.41) is 19.7. The third-order valence-corrected chi connectivity index (χ3v) is 2.94. The summed E-state index contributed by atoms with van der Waals surface area (Å²) < 4.78 is 0. The zero-order chi connectivity index (χ0) is 11.6. The lowest BCUT2D eigenvalue weighted by molar-refractivity contribution is -0.384. The van der Waals surface area contributed by atoms with E-state index in [2.05, 4.69) is 6.07 Å². The van der Waals surface area contributed by atoms with Crippen molar-refractivity contribution < 1.29 is 4.92 Å². The molecular formula is C12H10N2O2. The van der Waals surface area contributed by atoms with E-state index in [4.69, 9.17) is 0 Å². The smallest absolute Gasteiger partial charge is 0.258 e. The molecule has 0 radical (unpaired) electrons. The quantitative estimate of drug-likeness (QED) is 0.432. The van der Waals surface area contributed by atoms with E-state index in [1.54, 1.807) is 12.1 Å². The molecule has 1 aromatic rings. The van der Waals surface area contributed by atoms with Crippen molar-refractivity contribution >= 4 is 5.69 Å². The molecule has 1 aliphatic carbocycles. The molecule has 4 nitrogen and oxygen atoms in total. The molecule has 0 aliphatic heterocycles. The van der Waals surface area contributed by atoms with E-state index in [-0.39, 0.29) is 5.69 Å². The minimum atomic E-state index is -0.519. The van der Waals surface area contributed by atoms with Crippen molar-refractivity contribution in [3.63, 3.8) is 0 Å². The molecule has 0 N–H and O–H groups in total. The number of hydrogen-bond donors (Lipinski definition) is 0. The summed E-state index contributed by atoms with van der Waals surface area (Å²) in [6.07, 6.45) is 5.32. The Hall–Kier alpha value is -2.15. The van der Waals surface area contributed by atoms with Crippen LogP contribution in [0.2, 0.25) is 0 Å². The molecule has 1 aliphatic rings. The second kappa shape index (κ2) is 3.78. The highest BCUT2D eigenvalue weighted by atomic mass is 16.6. The molecule has 0 spiro atoms. The second-order valence-electron chi connectivity index (χ2n) is 3.88. The Labute approximate surface area is 93.0 Å². The largest absolute Gasteiger partial charge is 0.269 e. The molecule has 0 bridgehead atoms. The van der Waals surface area contributed by atoms with Crippen LogP contribution in [-0.4, -0.2) is 4.92 Å². The van der Waals surface area contributed by atoms with Crippen LogP contribution < -0.4 is 0 Å². The van der Waals surface area contributed by atoms with E-state index in [9.17, 15) is 15.4 Å². The van der Waals surface area contributed by atoms with Crippen LogP contribution in [0.25, 0.3) is 0 Å². The van der Waals surface area contributed by atoms with Crippen LogP contribution in [-0.2, 0) is 5.41 Å². The molecule has 16 heavy (non-hydrogen) atoms. The van der Waals surface area contributed by atoms with Gasteiger partial charge in [0.2, 0.25) is 0 Å². The van der Waals surface area contributed by atoms with E-state index in [0.29, 0.717) is 12.8 Å². The SMILES string of the molecule is N#CC1(c2ccc([N+](=O)[O-])cc2)CC=CC1. The molecule has 0 fully saturated rings. The lowest BCUT2D eigenvalue weighted by Crippen LogP contribution is -2.19. The Bertz CT molecular complexity index is 475. The molecule has 80 valence electrons. The lowest BCUT2D eigenvalue weighted by atomic mass is 9.80. The van der Waals surface area contributed by atoms with Crippen molar-refractivity contribution in [3.05, 3.63) is 52.1 Å². The summed E-state index contributed by atoms with van der Waals surface area (Å²) in [5.41, 5.74) is 0.392. The summed E-state index contributed by atoms with van der Waals surface area (Å²) in [6, 6.07) is 8.56. The third kappa shape index (κ3) is 1.57. The molecular weight excluding hydrogens is 204 g/mol. The highest BCUT2D eigenvalue weighted by Crippen LogP contribution is 2.36. The minimum absolute atomic E-state index is 0.0581. The van der Waals surface area contributed by atoms with Gasteiger partial charge in [0.05, 0.1) is 16.4 Å². The molecule has 0 heterocycles. The van der Waals surface area contributed by atoms with Crippen LogP contribution in [0.5, 0.6) is 0 Å². The van der Waals surface area contributed by atoms with Gasteiger partial charge < -0.3 is 0 Å². The van der Waals surface area contributed by atoms with Crippen molar-refractivity contribution in [2.24, 2.45) is 0 Å². The van der Waals surface area contributed by atoms with Crippen LogP contribution in [0.1, 0.15) is 18.4 Å². The predicted octanol–water partition coefficient (Wildman–Crippen LogP) is 2.71. The number of benzene rings is 1. The van der Waals surface area contributed by atoms with E-state index in [1.165, 1.54) is 12.1 Å². The van der Waals surface area contributed by atoms with Gasteiger partial charge in [0.15, 0.2) is 0 Å². The Morgan fingerprint density at radius 1 is 1.25 bits per heavy atom. The van der Waals surface area contributed by atoms with Gasteiger partial charge in [-0.2, -0.15) is 5.26 Å². The number of allylic oxidation sites excluding steroid dienone is 2. The zero-order valence-corrected chi connectivity index (χ0v) is 8.59. The normalized spacial score (nSPS) is 16.9. The van der Waals surface area contributed by atoms with Crippen LogP contribution >= 0.6 is 0 Å². The number of nitro benzene ring substituents is 1. The van der Waals surface area contributed by atoms with Gasteiger partial charge in [-0.15, -0.1) is 0 Å². The maximum atomic E-state index is 10.5. The molecule has 0 saturated carbocycles. The Balaban J connectivity index is 2.35. The first-order valence-electron chi connectivity index (χ1n) is 4.99. The highest BCUT2D eigenvalue weighted by Gasteiger charge is 2.33. The minimum Gasteiger partial charge on any atom is -0.258 e. The summed E-state index contributed by atoms with van der Waals surface area (Å²) in [6.45, 7) is 0. The fourth-order valence-corrected chi connectivity index (χ4v) is 1.95. The van der Waals surface area contributed by atoms with Crippen molar-refractivity contribution in [2.45, 2.75) is 18.3 Å². The molecule has 2 rings (SSSR count). The molecule has 1 aromatic carbocycles. The van der Waals surface area contributed by atoms with E-state index < -0.39 is 10.3 Å². The fraction of sp³-hybridized carbons (Fsp3) is 0.250. The number of nitriles is 1. The predicted molar refractivity (Wildman–Crippen MR) is 58.8 cm³/mol. The Kier molecular flexibility index (Phi) is 2.45. The van der Waals surface area contributed by atoms with Gasteiger partial charge >= 0.3 is 0 Å². The lowest BCUT2D eigenvalue weighted by Gasteiger charge is -2.20. The van der Waals surface area contributed by atoms with Crippen LogP contribution in [0, 0.1) is 21.4 Å². The number of nitro groups is 1. The van der Waals surface area contributed by atoms with Crippen molar-refractivity contribution in [2.75, 3.05) is 0 Å². The van der Waals surface area contributed by atoms with Gasteiger partial charge in [0, 0.05) is 12.1 Å². The maximum absolute atomic E-state index is 10.5. The molecule has 0 saturated heterocycles. The Morgan fingerprint density at radius 2 is 1.81 bits per heavy atom. The Morgan fingerprint density at radius 3 is 2.25 bits per heavy atom. The van der Waals surface area contributed by atoms with Gasteiger partial charge in [-0.25, -0.2) is 0 Å². The average molecular weight is 214 g/mol. The van der Waals surface area contributed by atoms with Gasteiger partial charge in [0.25, 0.3) is 5.69 Å². The van der Waals surface area contributed by atoms with E-state index >= 15 is 0 Å². The highest BCUT2D eigenvalue weighted by molar-refractivity contribution is 5.42. The number of nitrogens with zero attached hydrogens (tertiary/aromatic N) is 2. The fourth-order valence-electron chi connectivity index (χ4n) is 1.95. The number of non-ortho nitro benzene ring substituents is 1. The summed E-state index contributed by atoms with van der Waals surface area (Å²) in [5.74, 6) is 0. The first kappa shape index (κ1) is 10.4. The molecule has 0 aromatic heterocycles. The first-order valence-corrected chi connectivity index (χ1v) is 4.99. The zero-order valence-electron chi connectivity index (χ0n) is 8.59. The summed E-state index contributed by atoms with van der Waals surface area (Å²) in [7, 11) is 0. The van der Waals surface area contributed by atoms with Gasteiger partial charge in [-0.3, -0.25) is 10.1 Å². The van der Waals surface area contributed by atoms with Crippen molar-refractivity contribution in [1.29, 1.82) is 5.26 Å². The first-order chi connectivity index (χ1) is 7.68. The van der Waals surface area contributed by atoms with Crippen LogP contribution in [0.3, 0.4) is 0 Å². The van der Waals surface area contributed by atoms with Gasteiger partial charge in [0.1, 0.15) is 0 Å². The van der Waals surface area contributed by atoms with Crippen molar-refractivity contribution in [3.8, 4) is 6.07 Å². The number of rotatable bonds is 2. The summed E-state index contributed by atoms with van der Waals surface area (Å²) >= 11 is 0. The second-order valence-corrected chi connectivity index (χ2v) is 3.88. The third-order valence-electron chi connectivity index (χ3n) is 2.94. The van der Waals surface area contributed by atoms with E-state index in [0.717, 1.165) is 5.56 Å². The van der Waals surface area contributed by atoms with Crippen molar-refractivity contribution in [1.82, 2.24) is 0 Å². The summed E-state index contributed by atoms with van der Waals surface area (Å²) in [4.78, 5) is 10.1. The van der Waals surface area contributed by atoms with Crippen LogP contribution in [0.15, 0.2) is 36.4 Å². The molecule has 0 atom stereocenters.